The van der Waals surface area contributed by atoms with E-state index in [4.69, 9.17) is 4.42 Å². The molecule has 3 heteroatoms. The topological polar surface area (TPSA) is 17.0 Å². The summed E-state index contributed by atoms with van der Waals surface area (Å²) in [6.45, 7) is 2.08. The van der Waals surface area contributed by atoms with Gasteiger partial charge in [-0.1, -0.05) is 66.7 Å². The molecule has 0 spiro atoms. The summed E-state index contributed by atoms with van der Waals surface area (Å²) >= 11 is 0. The standard InChI is InChI=1S/C31H23FNO/c1-20-11-16-24-26-18-27(32)25(23-14-12-22(13-15-23)21-8-4-3-5-9-21)19-29(26)34-31(24)30(20)28-10-6-7-17-33(28)2/h3-19H,1-2H3/q+1. The molecule has 0 saturated heterocycles. The van der Waals surface area contributed by atoms with Crippen molar-refractivity contribution in [3.05, 3.63) is 115 Å². The van der Waals surface area contributed by atoms with Crippen LogP contribution in [0.25, 0.3) is 55.4 Å². The second kappa shape index (κ2) is 7.96. The van der Waals surface area contributed by atoms with Gasteiger partial charge in [-0.05, 0) is 47.4 Å². The number of nitrogens with zero attached hydrogens (tertiary/aromatic N) is 1. The molecule has 6 rings (SSSR count). The molecule has 2 nitrogen and oxygen atoms in total. The third kappa shape index (κ3) is 3.29. The summed E-state index contributed by atoms with van der Waals surface area (Å²) in [5, 5.41) is 1.71. The molecule has 0 aliphatic rings. The summed E-state index contributed by atoms with van der Waals surface area (Å²) in [6.07, 6.45) is 2.02. The van der Waals surface area contributed by atoms with E-state index in [1.807, 2.05) is 80.0 Å². The summed E-state index contributed by atoms with van der Waals surface area (Å²) in [5.41, 5.74) is 8.28. The highest BCUT2D eigenvalue weighted by atomic mass is 19.1. The number of hydrogen-bond acceptors (Lipinski definition) is 1. The Morgan fingerprint density at radius 2 is 1.41 bits per heavy atom. The van der Waals surface area contributed by atoms with E-state index in [2.05, 4.69) is 35.8 Å². The first-order valence-electron chi connectivity index (χ1n) is 11.4. The van der Waals surface area contributed by atoms with E-state index >= 15 is 4.39 Å². The second-order valence-corrected chi connectivity index (χ2v) is 8.70. The van der Waals surface area contributed by atoms with Gasteiger partial charge in [0.05, 0.1) is 5.56 Å². The van der Waals surface area contributed by atoms with Crippen molar-refractivity contribution in [3.63, 3.8) is 0 Å². The summed E-state index contributed by atoms with van der Waals surface area (Å²) < 4.78 is 23.8. The van der Waals surface area contributed by atoms with Gasteiger partial charge in [-0.25, -0.2) is 8.96 Å². The second-order valence-electron chi connectivity index (χ2n) is 8.70. The molecular weight excluding hydrogens is 421 g/mol. The lowest BCUT2D eigenvalue weighted by molar-refractivity contribution is -0.660. The lowest BCUT2D eigenvalue weighted by atomic mass is 9.98. The predicted molar refractivity (Wildman–Crippen MR) is 136 cm³/mol. The van der Waals surface area contributed by atoms with Crippen LogP contribution in [0, 0.1) is 12.7 Å². The highest BCUT2D eigenvalue weighted by Gasteiger charge is 2.21. The molecule has 2 heterocycles. The number of benzene rings is 4. The van der Waals surface area contributed by atoms with Crippen LogP contribution in [0.3, 0.4) is 0 Å². The average Bonchev–Trinajstić information content (AvgIpc) is 3.22. The van der Waals surface area contributed by atoms with Gasteiger partial charge in [0.1, 0.15) is 24.0 Å². The van der Waals surface area contributed by atoms with Crippen molar-refractivity contribution >= 4 is 21.9 Å². The van der Waals surface area contributed by atoms with Crippen molar-refractivity contribution in [2.45, 2.75) is 6.92 Å². The molecule has 0 unspecified atom stereocenters. The van der Waals surface area contributed by atoms with Crippen LogP contribution in [0.1, 0.15) is 5.56 Å². The lowest BCUT2D eigenvalue weighted by Gasteiger charge is -2.06. The van der Waals surface area contributed by atoms with Gasteiger partial charge in [-0.2, -0.15) is 0 Å². The minimum atomic E-state index is -0.255. The molecule has 0 aliphatic heterocycles. The van der Waals surface area contributed by atoms with Crippen LogP contribution in [0.15, 0.2) is 108 Å². The van der Waals surface area contributed by atoms with Crippen molar-refractivity contribution in [1.29, 1.82) is 0 Å². The molecule has 164 valence electrons. The van der Waals surface area contributed by atoms with Crippen molar-refractivity contribution in [1.82, 2.24) is 0 Å². The Hall–Kier alpha value is -4.24. The fourth-order valence-electron chi connectivity index (χ4n) is 4.75. The maximum absolute atomic E-state index is 15.4. The van der Waals surface area contributed by atoms with Gasteiger partial charge < -0.3 is 4.42 Å². The Morgan fingerprint density at radius 3 is 2.18 bits per heavy atom. The monoisotopic (exact) mass is 444 g/mol. The summed E-state index contributed by atoms with van der Waals surface area (Å²) in [4.78, 5) is 0. The van der Waals surface area contributed by atoms with Crippen LogP contribution in [0.5, 0.6) is 0 Å². The zero-order valence-corrected chi connectivity index (χ0v) is 19.0. The van der Waals surface area contributed by atoms with E-state index in [1.54, 1.807) is 6.07 Å². The molecular formula is C31H23FNO+. The van der Waals surface area contributed by atoms with Crippen LogP contribution < -0.4 is 4.57 Å². The van der Waals surface area contributed by atoms with Gasteiger partial charge >= 0.3 is 0 Å². The molecule has 34 heavy (non-hydrogen) atoms. The Bertz CT molecular complexity index is 1660. The first-order valence-corrected chi connectivity index (χ1v) is 11.4. The summed E-state index contributed by atoms with van der Waals surface area (Å²) in [6, 6.07) is 31.8. The predicted octanol–water partition coefficient (Wildman–Crippen LogP) is 7.86. The number of hydrogen-bond donors (Lipinski definition) is 0. The maximum atomic E-state index is 15.4. The molecule has 0 aliphatic carbocycles. The molecule has 0 atom stereocenters. The van der Waals surface area contributed by atoms with Crippen LogP contribution in [-0.2, 0) is 7.05 Å². The molecule has 0 N–H and O–H groups in total. The van der Waals surface area contributed by atoms with E-state index in [-0.39, 0.29) is 5.82 Å². The van der Waals surface area contributed by atoms with Gasteiger partial charge in [-0.3, -0.25) is 0 Å². The Labute approximate surface area is 197 Å². The number of rotatable bonds is 3. The SMILES string of the molecule is Cc1ccc2c(oc3cc(-c4ccc(-c5ccccc5)cc4)c(F)cc32)c1-c1cccc[n+]1C. The largest absolute Gasteiger partial charge is 0.455 e. The number of halogens is 1. The first kappa shape index (κ1) is 20.4. The summed E-state index contributed by atoms with van der Waals surface area (Å²) in [5.74, 6) is -0.255. The summed E-state index contributed by atoms with van der Waals surface area (Å²) in [7, 11) is 2.02. The quantitative estimate of drug-likeness (QED) is 0.254. The van der Waals surface area contributed by atoms with E-state index in [9.17, 15) is 0 Å². The number of fused-ring (bicyclic) bond motifs is 3. The minimum Gasteiger partial charge on any atom is -0.455 e. The Morgan fingerprint density at radius 1 is 0.706 bits per heavy atom. The van der Waals surface area contributed by atoms with Gasteiger partial charge in [0.2, 0.25) is 5.69 Å². The maximum Gasteiger partial charge on any atom is 0.216 e. The number of pyridine rings is 1. The lowest BCUT2D eigenvalue weighted by Crippen LogP contribution is -2.30. The van der Waals surface area contributed by atoms with Gasteiger partial charge in [0.15, 0.2) is 6.20 Å². The molecule has 0 saturated carbocycles. The third-order valence-corrected chi connectivity index (χ3v) is 6.55. The highest BCUT2D eigenvalue weighted by Crippen LogP contribution is 2.39. The van der Waals surface area contributed by atoms with Gasteiger partial charge in [0, 0.05) is 28.5 Å². The van der Waals surface area contributed by atoms with E-state index < -0.39 is 0 Å². The van der Waals surface area contributed by atoms with Gasteiger partial charge in [-0.15, -0.1) is 0 Å². The van der Waals surface area contributed by atoms with Crippen LogP contribution in [0.4, 0.5) is 4.39 Å². The Kier molecular flexibility index (Phi) is 4.77. The third-order valence-electron chi connectivity index (χ3n) is 6.55. The molecule has 0 amide bonds. The fraction of sp³-hybridized carbons (Fsp3) is 0.0645. The molecule has 0 radical (unpaired) electrons. The number of aryl methyl sites for hydroxylation is 2. The van der Waals surface area contributed by atoms with Crippen molar-refractivity contribution in [2.24, 2.45) is 7.05 Å². The first-order chi connectivity index (χ1) is 16.6. The Balaban J connectivity index is 1.51. The van der Waals surface area contributed by atoms with Gasteiger partial charge in [0.25, 0.3) is 0 Å². The van der Waals surface area contributed by atoms with Crippen LogP contribution in [-0.4, -0.2) is 0 Å². The van der Waals surface area contributed by atoms with Crippen molar-refractivity contribution in [2.75, 3.05) is 0 Å². The molecule has 2 aromatic heterocycles. The number of furan rings is 1. The average molecular weight is 445 g/mol. The molecule has 0 bridgehead atoms. The van der Waals surface area contributed by atoms with Crippen molar-refractivity contribution < 1.29 is 13.4 Å². The van der Waals surface area contributed by atoms with Crippen LogP contribution in [0.2, 0.25) is 0 Å². The van der Waals surface area contributed by atoms with E-state index in [1.165, 1.54) is 0 Å². The molecule has 0 fully saturated rings. The van der Waals surface area contributed by atoms with Crippen LogP contribution >= 0.6 is 0 Å². The fourth-order valence-corrected chi connectivity index (χ4v) is 4.75. The molecule has 4 aromatic carbocycles. The number of aromatic nitrogens is 1. The molecule has 6 aromatic rings. The van der Waals surface area contributed by atoms with E-state index in [0.29, 0.717) is 11.1 Å². The normalized spacial score (nSPS) is 11.4. The highest BCUT2D eigenvalue weighted by molar-refractivity contribution is 6.10. The minimum absolute atomic E-state index is 0.255. The van der Waals surface area contributed by atoms with E-state index in [0.717, 1.165) is 49.9 Å². The smallest absolute Gasteiger partial charge is 0.216 e. The zero-order chi connectivity index (χ0) is 23.2. The van der Waals surface area contributed by atoms with Crippen molar-refractivity contribution in [3.8, 4) is 33.5 Å². The zero-order valence-electron chi connectivity index (χ0n) is 19.0.